The second-order valence-electron chi connectivity index (χ2n) is 5.55. The van der Waals surface area contributed by atoms with E-state index >= 15 is 0 Å². The first-order chi connectivity index (χ1) is 8.06. The van der Waals surface area contributed by atoms with Crippen molar-refractivity contribution in [2.45, 2.75) is 44.9 Å². The van der Waals surface area contributed by atoms with Crippen LogP contribution in [0.4, 0.5) is 0 Å². The quantitative estimate of drug-likeness (QED) is 0.745. The summed E-state index contributed by atoms with van der Waals surface area (Å²) in [6.45, 7) is 0.707. The van der Waals surface area contributed by atoms with Gasteiger partial charge in [-0.15, -0.1) is 0 Å². The molecule has 2 saturated carbocycles. The molecule has 2 fully saturated rings. The van der Waals surface area contributed by atoms with Crippen LogP contribution in [0.1, 0.15) is 44.9 Å². The van der Waals surface area contributed by atoms with Gasteiger partial charge in [-0.3, -0.25) is 9.59 Å². The average Bonchev–Trinajstić information content (AvgIpc) is 2.96. The van der Waals surface area contributed by atoms with Gasteiger partial charge in [0.15, 0.2) is 0 Å². The monoisotopic (exact) mass is 239 g/mol. The summed E-state index contributed by atoms with van der Waals surface area (Å²) in [5, 5.41) is 9.06. The number of aliphatic carboxylic acids is 1. The van der Waals surface area contributed by atoms with Crippen molar-refractivity contribution in [3.8, 4) is 0 Å². The zero-order chi connectivity index (χ0) is 12.5. The Morgan fingerprint density at radius 2 is 1.88 bits per heavy atom. The van der Waals surface area contributed by atoms with Crippen LogP contribution in [0, 0.1) is 11.3 Å². The molecule has 0 aromatic heterocycles. The van der Waals surface area contributed by atoms with Crippen molar-refractivity contribution in [3.63, 3.8) is 0 Å². The highest BCUT2D eigenvalue weighted by Gasteiger charge is 2.58. The molecular formula is C13H21NO3. The average molecular weight is 239 g/mol. The van der Waals surface area contributed by atoms with Gasteiger partial charge in [-0.2, -0.15) is 0 Å². The van der Waals surface area contributed by atoms with Crippen molar-refractivity contribution in [1.82, 2.24) is 4.90 Å². The predicted molar refractivity (Wildman–Crippen MR) is 63.5 cm³/mol. The topological polar surface area (TPSA) is 57.6 Å². The van der Waals surface area contributed by atoms with Gasteiger partial charge in [-0.1, -0.05) is 25.7 Å². The van der Waals surface area contributed by atoms with Crippen LogP contribution >= 0.6 is 0 Å². The molecule has 0 spiro atoms. The number of hydrogen-bond donors (Lipinski definition) is 1. The first-order valence-electron chi connectivity index (χ1n) is 6.55. The van der Waals surface area contributed by atoms with Gasteiger partial charge in [-0.05, 0) is 25.2 Å². The number of nitrogens with zero attached hydrogens (tertiary/aromatic N) is 1. The molecule has 0 aromatic rings. The van der Waals surface area contributed by atoms with E-state index in [1.54, 1.807) is 11.9 Å². The van der Waals surface area contributed by atoms with Crippen LogP contribution in [-0.4, -0.2) is 35.5 Å². The number of hydrogen-bond acceptors (Lipinski definition) is 2. The molecule has 0 unspecified atom stereocenters. The summed E-state index contributed by atoms with van der Waals surface area (Å²) in [7, 11) is 1.74. The van der Waals surface area contributed by atoms with Gasteiger partial charge in [0.1, 0.15) is 5.41 Å². The molecule has 0 aliphatic heterocycles. The summed E-state index contributed by atoms with van der Waals surface area (Å²) >= 11 is 0. The third-order valence-electron chi connectivity index (χ3n) is 4.26. The van der Waals surface area contributed by atoms with E-state index in [2.05, 4.69) is 0 Å². The van der Waals surface area contributed by atoms with Crippen LogP contribution in [-0.2, 0) is 9.59 Å². The third kappa shape index (κ3) is 2.45. The lowest BCUT2D eigenvalue weighted by Gasteiger charge is -2.22. The maximum absolute atomic E-state index is 12.0. The minimum atomic E-state index is -1.07. The summed E-state index contributed by atoms with van der Waals surface area (Å²) in [5.41, 5.74) is -1.07. The molecule has 0 heterocycles. The molecule has 0 atom stereocenters. The molecule has 17 heavy (non-hydrogen) atoms. The minimum absolute atomic E-state index is 0.192. The molecular weight excluding hydrogens is 218 g/mol. The van der Waals surface area contributed by atoms with Gasteiger partial charge < -0.3 is 10.0 Å². The number of rotatable bonds is 5. The zero-order valence-corrected chi connectivity index (χ0v) is 10.4. The Morgan fingerprint density at radius 1 is 1.29 bits per heavy atom. The second kappa shape index (κ2) is 4.67. The molecule has 2 aliphatic rings. The summed E-state index contributed by atoms with van der Waals surface area (Å²) in [6.07, 6.45) is 7.20. The van der Waals surface area contributed by atoms with E-state index in [0.29, 0.717) is 19.4 Å². The molecule has 96 valence electrons. The summed E-state index contributed by atoms with van der Waals surface area (Å²) in [6, 6.07) is 0. The van der Waals surface area contributed by atoms with Gasteiger partial charge in [0.2, 0.25) is 5.91 Å². The van der Waals surface area contributed by atoms with Gasteiger partial charge in [0.25, 0.3) is 0 Å². The van der Waals surface area contributed by atoms with E-state index in [1.165, 1.54) is 25.7 Å². The molecule has 2 aliphatic carbocycles. The Bertz CT molecular complexity index is 317. The highest BCUT2D eigenvalue weighted by molar-refractivity contribution is 6.04. The number of carbonyl (C=O) groups is 2. The predicted octanol–water partition coefficient (Wildman–Crippen LogP) is 1.89. The van der Waals surface area contributed by atoms with Crippen LogP contribution in [0.3, 0.4) is 0 Å². The molecule has 2 rings (SSSR count). The molecule has 0 saturated heterocycles. The minimum Gasteiger partial charge on any atom is -0.480 e. The maximum Gasteiger partial charge on any atom is 0.319 e. The van der Waals surface area contributed by atoms with E-state index in [9.17, 15) is 9.59 Å². The highest BCUT2D eigenvalue weighted by atomic mass is 16.4. The Labute approximate surface area is 102 Å². The number of carbonyl (C=O) groups excluding carboxylic acids is 1. The maximum atomic E-state index is 12.0. The van der Waals surface area contributed by atoms with Crippen molar-refractivity contribution in [3.05, 3.63) is 0 Å². The Morgan fingerprint density at radius 3 is 2.35 bits per heavy atom. The lowest BCUT2D eigenvalue weighted by molar-refractivity contribution is -0.152. The van der Waals surface area contributed by atoms with Crippen LogP contribution in [0.5, 0.6) is 0 Å². The van der Waals surface area contributed by atoms with E-state index < -0.39 is 11.4 Å². The number of amides is 1. The van der Waals surface area contributed by atoms with Crippen LogP contribution in [0.25, 0.3) is 0 Å². The van der Waals surface area contributed by atoms with E-state index in [0.717, 1.165) is 12.3 Å². The normalized spacial score (nSPS) is 22.4. The van der Waals surface area contributed by atoms with Crippen molar-refractivity contribution < 1.29 is 14.7 Å². The van der Waals surface area contributed by atoms with E-state index in [-0.39, 0.29) is 5.91 Å². The standard InChI is InChI=1S/C13H21NO3/c1-14(9-6-10-4-2-3-5-10)11(15)13(7-8-13)12(16)17/h10H,2-9H2,1H3,(H,16,17). The van der Waals surface area contributed by atoms with Gasteiger partial charge in [0, 0.05) is 13.6 Å². The van der Waals surface area contributed by atoms with Crippen LogP contribution < -0.4 is 0 Å². The summed E-state index contributed by atoms with van der Waals surface area (Å²) in [4.78, 5) is 24.7. The van der Waals surface area contributed by atoms with Gasteiger partial charge >= 0.3 is 5.97 Å². The lowest BCUT2D eigenvalue weighted by Crippen LogP contribution is -2.39. The molecule has 0 radical (unpaired) electrons. The largest absolute Gasteiger partial charge is 0.480 e. The molecule has 1 N–H and O–H groups in total. The van der Waals surface area contributed by atoms with Crippen molar-refractivity contribution in [1.29, 1.82) is 0 Å². The fourth-order valence-electron chi connectivity index (χ4n) is 2.79. The Balaban J connectivity index is 1.81. The molecule has 4 heteroatoms. The van der Waals surface area contributed by atoms with Gasteiger partial charge in [-0.25, -0.2) is 0 Å². The number of carboxylic acid groups (broad SMARTS) is 1. The zero-order valence-electron chi connectivity index (χ0n) is 10.4. The summed E-state index contributed by atoms with van der Waals surface area (Å²) in [5.74, 6) is -0.400. The van der Waals surface area contributed by atoms with E-state index in [1.807, 2.05) is 0 Å². The van der Waals surface area contributed by atoms with Crippen molar-refractivity contribution in [2.24, 2.45) is 11.3 Å². The smallest absolute Gasteiger partial charge is 0.319 e. The van der Waals surface area contributed by atoms with Crippen LogP contribution in [0.15, 0.2) is 0 Å². The second-order valence-corrected chi connectivity index (χ2v) is 5.55. The first-order valence-corrected chi connectivity index (χ1v) is 6.55. The van der Waals surface area contributed by atoms with Crippen molar-refractivity contribution in [2.75, 3.05) is 13.6 Å². The molecule has 0 bridgehead atoms. The van der Waals surface area contributed by atoms with E-state index in [4.69, 9.17) is 5.11 Å². The van der Waals surface area contributed by atoms with Gasteiger partial charge in [0.05, 0.1) is 0 Å². The molecule has 0 aromatic carbocycles. The first kappa shape index (κ1) is 12.4. The number of carboxylic acids is 1. The lowest BCUT2D eigenvalue weighted by atomic mass is 10.0. The fourth-order valence-corrected chi connectivity index (χ4v) is 2.79. The third-order valence-corrected chi connectivity index (χ3v) is 4.26. The van der Waals surface area contributed by atoms with Crippen molar-refractivity contribution >= 4 is 11.9 Å². The SMILES string of the molecule is CN(CCC1CCCC1)C(=O)C1(C(=O)O)CC1. The van der Waals surface area contributed by atoms with Crippen LogP contribution in [0.2, 0.25) is 0 Å². The fraction of sp³-hybridized carbons (Fsp3) is 0.846. The summed E-state index contributed by atoms with van der Waals surface area (Å²) < 4.78 is 0. The Hall–Kier alpha value is -1.06. The highest BCUT2D eigenvalue weighted by Crippen LogP contribution is 2.47. The molecule has 4 nitrogen and oxygen atoms in total. The molecule has 1 amide bonds. The Kier molecular flexibility index (Phi) is 3.40.